The van der Waals surface area contributed by atoms with Crippen LogP contribution in [-0.4, -0.2) is 36.5 Å². The van der Waals surface area contributed by atoms with E-state index in [1.807, 2.05) is 26.0 Å². The van der Waals surface area contributed by atoms with Crippen molar-refractivity contribution in [3.8, 4) is 0 Å². The quantitative estimate of drug-likeness (QED) is 0.861. The Bertz CT molecular complexity index is 483. The maximum absolute atomic E-state index is 11.8. The molecule has 6 nitrogen and oxygen atoms in total. The van der Waals surface area contributed by atoms with Gasteiger partial charge in [0, 0.05) is 20.0 Å². The first-order valence-electron chi connectivity index (χ1n) is 6.33. The summed E-state index contributed by atoms with van der Waals surface area (Å²) in [7, 11) is 1.73. The number of carbonyl (C=O) groups excluding carboxylic acids is 2. The predicted molar refractivity (Wildman–Crippen MR) is 69.6 cm³/mol. The molecule has 1 aliphatic heterocycles. The number of urea groups is 1. The van der Waals surface area contributed by atoms with Crippen LogP contribution < -0.4 is 10.6 Å². The molecular formula is C13H19N3O3. The fourth-order valence-corrected chi connectivity index (χ4v) is 2.14. The largest absolute Gasteiger partial charge is 0.464 e. The Morgan fingerprint density at radius 2 is 2.26 bits per heavy atom. The average molecular weight is 265 g/mol. The molecule has 1 saturated heterocycles. The van der Waals surface area contributed by atoms with E-state index in [4.69, 9.17) is 4.42 Å². The molecule has 0 aliphatic carbocycles. The molecule has 2 N–H and O–H groups in total. The summed E-state index contributed by atoms with van der Waals surface area (Å²) >= 11 is 0. The number of nitrogens with one attached hydrogen (secondary N) is 2. The lowest BCUT2D eigenvalue weighted by Crippen LogP contribution is -2.43. The molecule has 0 radical (unpaired) electrons. The van der Waals surface area contributed by atoms with Crippen molar-refractivity contribution in [2.75, 3.05) is 13.6 Å². The summed E-state index contributed by atoms with van der Waals surface area (Å²) in [6.45, 7) is 4.26. The van der Waals surface area contributed by atoms with Crippen molar-refractivity contribution in [1.82, 2.24) is 15.5 Å². The second-order valence-corrected chi connectivity index (χ2v) is 4.96. The van der Waals surface area contributed by atoms with Gasteiger partial charge in [0.05, 0.1) is 12.1 Å². The van der Waals surface area contributed by atoms with Crippen molar-refractivity contribution >= 4 is 11.9 Å². The molecule has 0 saturated carbocycles. The van der Waals surface area contributed by atoms with Crippen molar-refractivity contribution in [3.05, 3.63) is 23.7 Å². The highest BCUT2D eigenvalue weighted by molar-refractivity contribution is 5.81. The molecule has 19 heavy (non-hydrogen) atoms. The molecular weight excluding hydrogens is 246 g/mol. The monoisotopic (exact) mass is 265 g/mol. The number of furan rings is 1. The number of hydrogen-bond acceptors (Lipinski definition) is 3. The topological polar surface area (TPSA) is 74.6 Å². The fourth-order valence-electron chi connectivity index (χ4n) is 2.14. The maximum atomic E-state index is 11.8. The summed E-state index contributed by atoms with van der Waals surface area (Å²) in [4.78, 5) is 24.8. The van der Waals surface area contributed by atoms with Gasteiger partial charge in [0.2, 0.25) is 5.91 Å². The number of likely N-dealkylation sites (tertiary alicyclic amines) is 1. The zero-order chi connectivity index (χ0) is 14.0. The highest BCUT2D eigenvalue weighted by atomic mass is 16.3. The van der Waals surface area contributed by atoms with Crippen LogP contribution in [0.1, 0.15) is 30.9 Å². The highest BCUT2D eigenvalue weighted by Crippen LogP contribution is 2.15. The van der Waals surface area contributed by atoms with Gasteiger partial charge in [-0.2, -0.15) is 0 Å². The third-order valence-electron chi connectivity index (χ3n) is 3.21. The van der Waals surface area contributed by atoms with E-state index >= 15 is 0 Å². The Morgan fingerprint density at radius 1 is 1.53 bits per heavy atom. The number of carbonyl (C=O) groups is 2. The third-order valence-corrected chi connectivity index (χ3v) is 3.21. The van der Waals surface area contributed by atoms with Gasteiger partial charge in [0.25, 0.3) is 0 Å². The Hall–Kier alpha value is -1.98. The second kappa shape index (κ2) is 5.34. The number of rotatable bonds is 3. The zero-order valence-corrected chi connectivity index (χ0v) is 11.4. The van der Waals surface area contributed by atoms with Gasteiger partial charge < -0.3 is 20.0 Å². The van der Waals surface area contributed by atoms with Crippen LogP contribution in [0.4, 0.5) is 4.79 Å². The lowest BCUT2D eigenvalue weighted by atomic mass is 10.2. The molecule has 3 amide bonds. The first-order chi connectivity index (χ1) is 8.95. The molecule has 104 valence electrons. The van der Waals surface area contributed by atoms with Crippen molar-refractivity contribution < 1.29 is 14.0 Å². The van der Waals surface area contributed by atoms with Gasteiger partial charge in [-0.3, -0.25) is 4.79 Å². The SMILES string of the molecule is Cc1ccc([C@H](C)NC(=O)N[C@@H]2CC(=O)N(C)C2)o1. The van der Waals surface area contributed by atoms with Crippen LogP contribution in [0.2, 0.25) is 0 Å². The molecule has 1 aromatic rings. The van der Waals surface area contributed by atoms with Crippen molar-refractivity contribution in [1.29, 1.82) is 0 Å². The van der Waals surface area contributed by atoms with Gasteiger partial charge in [0.15, 0.2) is 0 Å². The minimum Gasteiger partial charge on any atom is -0.464 e. The van der Waals surface area contributed by atoms with Gasteiger partial charge in [-0.05, 0) is 26.0 Å². The number of nitrogens with zero attached hydrogens (tertiary/aromatic N) is 1. The highest BCUT2D eigenvalue weighted by Gasteiger charge is 2.28. The Morgan fingerprint density at radius 3 is 2.79 bits per heavy atom. The molecule has 0 bridgehead atoms. The van der Waals surface area contributed by atoms with Gasteiger partial charge in [0.1, 0.15) is 11.5 Å². The number of hydrogen-bond donors (Lipinski definition) is 2. The molecule has 0 unspecified atom stereocenters. The molecule has 0 spiro atoms. The van der Waals surface area contributed by atoms with Crippen LogP contribution in [0.25, 0.3) is 0 Å². The van der Waals surface area contributed by atoms with Crippen LogP contribution in [0.5, 0.6) is 0 Å². The molecule has 1 aliphatic rings. The number of amides is 3. The number of likely N-dealkylation sites (N-methyl/N-ethyl adjacent to an activating group) is 1. The van der Waals surface area contributed by atoms with Crippen LogP contribution in [0.3, 0.4) is 0 Å². The van der Waals surface area contributed by atoms with Crippen LogP contribution in [0.15, 0.2) is 16.5 Å². The van der Waals surface area contributed by atoms with E-state index in [2.05, 4.69) is 10.6 Å². The molecule has 1 aromatic heterocycles. The summed E-state index contributed by atoms with van der Waals surface area (Å²) in [5.41, 5.74) is 0. The summed E-state index contributed by atoms with van der Waals surface area (Å²) < 4.78 is 5.45. The first kappa shape index (κ1) is 13.5. The molecule has 2 heterocycles. The lowest BCUT2D eigenvalue weighted by molar-refractivity contribution is -0.126. The van der Waals surface area contributed by atoms with Crippen molar-refractivity contribution in [2.24, 2.45) is 0 Å². The fraction of sp³-hybridized carbons (Fsp3) is 0.538. The first-order valence-corrected chi connectivity index (χ1v) is 6.33. The third kappa shape index (κ3) is 3.27. The van der Waals surface area contributed by atoms with Crippen LogP contribution in [-0.2, 0) is 4.79 Å². The van der Waals surface area contributed by atoms with Gasteiger partial charge in [-0.25, -0.2) is 4.79 Å². The van der Waals surface area contributed by atoms with Crippen molar-refractivity contribution in [3.63, 3.8) is 0 Å². The Balaban J connectivity index is 1.83. The summed E-state index contributed by atoms with van der Waals surface area (Å²) in [5, 5.41) is 5.59. The zero-order valence-electron chi connectivity index (χ0n) is 11.4. The normalized spacial score (nSPS) is 20.5. The minimum absolute atomic E-state index is 0.0556. The van der Waals surface area contributed by atoms with Crippen LogP contribution in [0, 0.1) is 6.92 Å². The molecule has 2 rings (SSSR count). The van der Waals surface area contributed by atoms with E-state index in [0.29, 0.717) is 18.7 Å². The van der Waals surface area contributed by atoms with E-state index in [1.165, 1.54) is 0 Å². The summed E-state index contributed by atoms with van der Waals surface area (Å²) in [6, 6.07) is 3.09. The minimum atomic E-state index is -0.283. The molecule has 2 atom stereocenters. The standard InChI is InChI=1S/C13H19N3O3/c1-8-4-5-11(19-8)9(2)14-13(18)15-10-6-12(17)16(3)7-10/h4-5,9-10H,6-7H2,1-3H3,(H2,14,15,18)/t9-,10+/m0/s1. The van der Waals surface area contributed by atoms with Gasteiger partial charge in [-0.1, -0.05) is 0 Å². The summed E-state index contributed by atoms with van der Waals surface area (Å²) in [5.74, 6) is 1.58. The molecule has 1 fully saturated rings. The smallest absolute Gasteiger partial charge is 0.315 e. The van der Waals surface area contributed by atoms with E-state index in [-0.39, 0.29) is 24.0 Å². The molecule has 0 aromatic carbocycles. The van der Waals surface area contributed by atoms with Gasteiger partial charge in [-0.15, -0.1) is 0 Å². The van der Waals surface area contributed by atoms with E-state index in [9.17, 15) is 9.59 Å². The lowest BCUT2D eigenvalue weighted by Gasteiger charge is -2.16. The summed E-state index contributed by atoms with van der Waals surface area (Å²) in [6.07, 6.45) is 0.359. The predicted octanol–water partition coefficient (Wildman–Crippen LogP) is 1.18. The average Bonchev–Trinajstić information content (AvgIpc) is 2.86. The van der Waals surface area contributed by atoms with E-state index < -0.39 is 0 Å². The van der Waals surface area contributed by atoms with Crippen molar-refractivity contribution in [2.45, 2.75) is 32.4 Å². The number of aryl methyl sites for hydroxylation is 1. The molecule has 6 heteroatoms. The Labute approximate surface area is 112 Å². The Kier molecular flexibility index (Phi) is 3.78. The maximum Gasteiger partial charge on any atom is 0.315 e. The van der Waals surface area contributed by atoms with E-state index in [1.54, 1.807) is 11.9 Å². The second-order valence-electron chi connectivity index (χ2n) is 4.96. The van der Waals surface area contributed by atoms with Crippen LogP contribution >= 0.6 is 0 Å². The van der Waals surface area contributed by atoms with Gasteiger partial charge >= 0.3 is 6.03 Å². The van der Waals surface area contributed by atoms with E-state index in [0.717, 1.165) is 5.76 Å².